The molecule has 1 aromatic heterocycles. The van der Waals surface area contributed by atoms with Crippen molar-refractivity contribution in [3.8, 4) is 0 Å². The van der Waals surface area contributed by atoms with Crippen LogP contribution in [0.1, 0.15) is 40.5 Å². The number of piperidine rings is 1. The van der Waals surface area contributed by atoms with Crippen LogP contribution in [0, 0.1) is 0 Å². The van der Waals surface area contributed by atoms with Crippen LogP contribution in [0.25, 0.3) is 0 Å². The van der Waals surface area contributed by atoms with E-state index in [2.05, 4.69) is 31.5 Å². The van der Waals surface area contributed by atoms with E-state index in [9.17, 15) is 9.59 Å². The molecule has 0 radical (unpaired) electrons. The Hall–Kier alpha value is -2.03. The molecule has 1 fully saturated rings. The zero-order valence-electron chi connectivity index (χ0n) is 16.9. The standard InChI is InChI=1S/C19H29BrN4O4/c1-5-27-16(25)12-21-15-10-13(20)11-22-17(15)23-14-6-8-24(9-7-14)18(26)28-19(2,3)4/h10-11,14,21H,5-9,12H2,1-4H3,(H,22,23). The second-order valence-electron chi connectivity index (χ2n) is 7.59. The Labute approximate surface area is 174 Å². The van der Waals surface area contributed by atoms with Crippen LogP contribution in [0.2, 0.25) is 0 Å². The van der Waals surface area contributed by atoms with E-state index in [0.29, 0.717) is 25.5 Å². The number of rotatable bonds is 6. The minimum Gasteiger partial charge on any atom is -0.465 e. The van der Waals surface area contributed by atoms with Gasteiger partial charge >= 0.3 is 12.1 Å². The molecule has 1 aromatic rings. The van der Waals surface area contributed by atoms with Crippen molar-refractivity contribution >= 4 is 39.5 Å². The molecule has 1 aliphatic heterocycles. The van der Waals surface area contributed by atoms with Gasteiger partial charge in [-0.3, -0.25) is 4.79 Å². The third kappa shape index (κ3) is 7.18. The minimum absolute atomic E-state index is 0.0672. The van der Waals surface area contributed by atoms with Crippen LogP contribution in [-0.2, 0) is 14.3 Å². The molecule has 0 unspecified atom stereocenters. The highest BCUT2D eigenvalue weighted by atomic mass is 79.9. The number of pyridine rings is 1. The molecule has 2 N–H and O–H groups in total. The number of nitrogens with zero attached hydrogens (tertiary/aromatic N) is 2. The molecule has 9 heteroatoms. The number of likely N-dealkylation sites (tertiary alicyclic amines) is 1. The lowest BCUT2D eigenvalue weighted by molar-refractivity contribution is -0.140. The summed E-state index contributed by atoms with van der Waals surface area (Å²) in [4.78, 5) is 30.0. The number of amides is 1. The second kappa shape index (κ2) is 9.95. The van der Waals surface area contributed by atoms with Gasteiger partial charge in [0.2, 0.25) is 0 Å². The number of carbonyl (C=O) groups is 2. The molecule has 156 valence electrons. The number of hydrogen-bond donors (Lipinski definition) is 2. The highest BCUT2D eigenvalue weighted by Gasteiger charge is 2.27. The predicted octanol–water partition coefficient (Wildman–Crippen LogP) is 3.63. The largest absolute Gasteiger partial charge is 0.465 e. The highest BCUT2D eigenvalue weighted by molar-refractivity contribution is 9.10. The van der Waals surface area contributed by atoms with Gasteiger partial charge in [0.05, 0.1) is 12.3 Å². The van der Waals surface area contributed by atoms with Crippen molar-refractivity contribution in [2.45, 2.75) is 52.2 Å². The van der Waals surface area contributed by atoms with Crippen LogP contribution >= 0.6 is 15.9 Å². The molecule has 2 rings (SSSR count). The predicted molar refractivity (Wildman–Crippen MR) is 112 cm³/mol. The number of carbonyl (C=O) groups excluding carboxylic acids is 2. The van der Waals surface area contributed by atoms with E-state index < -0.39 is 5.60 Å². The van der Waals surface area contributed by atoms with Crippen LogP contribution in [0.3, 0.4) is 0 Å². The van der Waals surface area contributed by atoms with Crippen LogP contribution in [0.4, 0.5) is 16.3 Å². The smallest absolute Gasteiger partial charge is 0.410 e. The van der Waals surface area contributed by atoms with Crippen molar-refractivity contribution in [3.63, 3.8) is 0 Å². The summed E-state index contributed by atoms with van der Waals surface area (Å²) in [6, 6.07) is 2.04. The lowest BCUT2D eigenvalue weighted by Gasteiger charge is -2.34. The van der Waals surface area contributed by atoms with Crippen molar-refractivity contribution in [1.82, 2.24) is 9.88 Å². The molecule has 0 aliphatic carbocycles. The molecule has 0 aromatic carbocycles. The first kappa shape index (κ1) is 22.3. The fourth-order valence-electron chi connectivity index (χ4n) is 2.79. The first-order valence-electron chi connectivity index (χ1n) is 9.47. The van der Waals surface area contributed by atoms with Crippen molar-refractivity contribution < 1.29 is 19.1 Å². The number of anilines is 2. The number of esters is 1. The van der Waals surface area contributed by atoms with Gasteiger partial charge in [0.25, 0.3) is 0 Å². The number of nitrogens with one attached hydrogen (secondary N) is 2. The van der Waals surface area contributed by atoms with Crippen molar-refractivity contribution in [3.05, 3.63) is 16.7 Å². The molecule has 1 saturated heterocycles. The average molecular weight is 457 g/mol. The SMILES string of the molecule is CCOC(=O)CNc1cc(Br)cnc1NC1CCN(C(=O)OC(C)(C)C)CC1. The first-order chi connectivity index (χ1) is 13.2. The van der Waals surface area contributed by atoms with E-state index in [0.717, 1.165) is 23.0 Å². The zero-order chi connectivity index (χ0) is 20.7. The Kier molecular flexibility index (Phi) is 7.91. The molecule has 1 aliphatic rings. The summed E-state index contributed by atoms with van der Waals surface area (Å²) in [5.74, 6) is 0.349. The lowest BCUT2D eigenvalue weighted by atomic mass is 10.1. The van der Waals surface area contributed by atoms with E-state index in [4.69, 9.17) is 9.47 Å². The Morgan fingerprint density at radius 3 is 2.61 bits per heavy atom. The molecule has 1 amide bonds. The van der Waals surface area contributed by atoms with E-state index in [1.54, 1.807) is 18.0 Å². The van der Waals surface area contributed by atoms with Crippen molar-refractivity contribution in [1.29, 1.82) is 0 Å². The minimum atomic E-state index is -0.493. The molecular weight excluding hydrogens is 428 g/mol. The number of halogens is 1. The monoisotopic (exact) mass is 456 g/mol. The maximum absolute atomic E-state index is 12.2. The fraction of sp³-hybridized carbons (Fsp3) is 0.632. The molecule has 0 atom stereocenters. The molecule has 0 bridgehead atoms. The van der Waals surface area contributed by atoms with E-state index in [1.807, 2.05) is 26.8 Å². The molecule has 2 heterocycles. The summed E-state index contributed by atoms with van der Waals surface area (Å²) in [7, 11) is 0. The van der Waals surface area contributed by atoms with Crippen molar-refractivity contribution in [2.75, 3.05) is 36.9 Å². The fourth-order valence-corrected chi connectivity index (χ4v) is 3.13. The van der Waals surface area contributed by atoms with Crippen molar-refractivity contribution in [2.24, 2.45) is 0 Å². The molecular formula is C19H29BrN4O4. The zero-order valence-corrected chi connectivity index (χ0v) is 18.5. The topological polar surface area (TPSA) is 92.8 Å². The van der Waals surface area contributed by atoms with E-state index >= 15 is 0 Å². The third-order valence-corrected chi connectivity index (χ3v) is 4.50. The summed E-state index contributed by atoms with van der Waals surface area (Å²) in [6.07, 6.45) is 3.00. The average Bonchev–Trinajstić information content (AvgIpc) is 2.61. The molecule has 8 nitrogen and oxygen atoms in total. The normalized spacial score (nSPS) is 15.1. The van der Waals surface area contributed by atoms with Crippen LogP contribution in [-0.4, -0.2) is 59.8 Å². The Morgan fingerprint density at radius 2 is 2.00 bits per heavy atom. The van der Waals surface area contributed by atoms with Crippen LogP contribution in [0.15, 0.2) is 16.7 Å². The highest BCUT2D eigenvalue weighted by Crippen LogP contribution is 2.26. The van der Waals surface area contributed by atoms with Gasteiger partial charge in [-0.05, 0) is 62.5 Å². The first-order valence-corrected chi connectivity index (χ1v) is 10.3. The maximum Gasteiger partial charge on any atom is 0.410 e. The summed E-state index contributed by atoms with van der Waals surface area (Å²) in [6.45, 7) is 9.02. The quantitative estimate of drug-likeness (QED) is 0.631. The maximum atomic E-state index is 12.2. The molecule has 0 saturated carbocycles. The van der Waals surface area contributed by atoms with Crippen LogP contribution < -0.4 is 10.6 Å². The van der Waals surface area contributed by atoms with Gasteiger partial charge in [0, 0.05) is 29.8 Å². The molecule has 28 heavy (non-hydrogen) atoms. The Bertz CT molecular complexity index is 685. The van der Waals surface area contributed by atoms with Gasteiger partial charge in [-0.2, -0.15) is 0 Å². The van der Waals surface area contributed by atoms with Crippen LogP contribution in [0.5, 0.6) is 0 Å². The number of ether oxygens (including phenoxy) is 2. The second-order valence-corrected chi connectivity index (χ2v) is 8.51. The lowest BCUT2D eigenvalue weighted by Crippen LogP contribution is -2.44. The van der Waals surface area contributed by atoms with Gasteiger partial charge in [0.1, 0.15) is 18.0 Å². The summed E-state index contributed by atoms with van der Waals surface area (Å²) < 4.78 is 11.2. The number of aromatic nitrogens is 1. The van der Waals surface area contributed by atoms with Gasteiger partial charge in [0.15, 0.2) is 0 Å². The summed E-state index contributed by atoms with van der Waals surface area (Å²) in [5, 5.41) is 6.48. The Morgan fingerprint density at radius 1 is 1.32 bits per heavy atom. The summed E-state index contributed by atoms with van der Waals surface area (Å²) >= 11 is 3.40. The molecule has 0 spiro atoms. The van der Waals surface area contributed by atoms with Gasteiger partial charge in [-0.15, -0.1) is 0 Å². The number of hydrogen-bond acceptors (Lipinski definition) is 7. The van der Waals surface area contributed by atoms with Gasteiger partial charge < -0.3 is 25.0 Å². The van der Waals surface area contributed by atoms with E-state index in [-0.39, 0.29) is 24.6 Å². The Balaban J connectivity index is 1.92. The van der Waals surface area contributed by atoms with Gasteiger partial charge in [-0.1, -0.05) is 0 Å². The summed E-state index contributed by atoms with van der Waals surface area (Å²) in [5.41, 5.74) is 0.226. The van der Waals surface area contributed by atoms with E-state index in [1.165, 1.54) is 0 Å². The van der Waals surface area contributed by atoms with Gasteiger partial charge in [-0.25, -0.2) is 9.78 Å². The third-order valence-electron chi connectivity index (χ3n) is 4.07.